The third-order valence-electron chi connectivity index (χ3n) is 3.92. The van der Waals surface area contributed by atoms with Gasteiger partial charge in [0.25, 0.3) is 15.9 Å². The number of hydrogen-bond donors (Lipinski definition) is 4. The van der Waals surface area contributed by atoms with Crippen LogP contribution in [0.1, 0.15) is 15.9 Å². The number of rotatable bonds is 6. The highest BCUT2D eigenvalue weighted by Crippen LogP contribution is 2.22. The molecular weight excluding hydrogens is 430 g/mol. The van der Waals surface area contributed by atoms with Gasteiger partial charge in [0, 0.05) is 16.7 Å². The minimum Gasteiger partial charge on any atom is -0.508 e. The maximum atomic E-state index is 12.6. The summed E-state index contributed by atoms with van der Waals surface area (Å²) in [5, 5.41) is 23.2. The smallest absolute Gasteiger partial charge is 0.273 e. The third kappa shape index (κ3) is 5.07. The van der Waals surface area contributed by atoms with Crippen LogP contribution in [0.15, 0.2) is 76.7 Å². The molecule has 1 amide bonds. The normalized spacial score (nSPS) is 11.4. The van der Waals surface area contributed by atoms with Gasteiger partial charge in [0.2, 0.25) is 0 Å². The minimum atomic E-state index is -3.94. The molecule has 0 aliphatic heterocycles. The molecule has 0 fully saturated rings. The fraction of sp³-hybridized carbons (Fsp3) is 0. The minimum absolute atomic E-state index is 0.0112. The molecule has 0 spiro atoms. The number of phenolic OH excluding ortho intramolecular Hbond substituents is 2. The van der Waals surface area contributed by atoms with Crippen molar-refractivity contribution in [1.29, 1.82) is 0 Å². The second kappa shape index (κ2) is 8.85. The van der Waals surface area contributed by atoms with Crippen LogP contribution in [0.4, 0.5) is 5.69 Å². The van der Waals surface area contributed by atoms with Gasteiger partial charge in [-0.2, -0.15) is 5.10 Å². The number of para-hydroxylation sites is 1. The number of carbonyl (C=O) groups is 1. The van der Waals surface area contributed by atoms with E-state index in [1.165, 1.54) is 54.7 Å². The fourth-order valence-electron chi connectivity index (χ4n) is 2.45. The Labute approximate surface area is 177 Å². The molecule has 0 radical (unpaired) electrons. The Morgan fingerprint density at radius 2 is 1.70 bits per heavy atom. The highest BCUT2D eigenvalue weighted by Gasteiger charge is 2.18. The number of anilines is 1. The van der Waals surface area contributed by atoms with Gasteiger partial charge in [0.05, 0.1) is 22.4 Å². The van der Waals surface area contributed by atoms with E-state index in [9.17, 15) is 23.4 Å². The van der Waals surface area contributed by atoms with E-state index in [1.54, 1.807) is 12.1 Å². The second-order valence-electron chi connectivity index (χ2n) is 6.05. The van der Waals surface area contributed by atoms with Crippen molar-refractivity contribution in [2.45, 2.75) is 4.90 Å². The van der Waals surface area contributed by atoms with Crippen molar-refractivity contribution in [2.24, 2.45) is 5.10 Å². The lowest BCUT2D eigenvalue weighted by Gasteiger charge is -2.11. The Bertz CT molecular complexity index is 1210. The highest BCUT2D eigenvalue weighted by molar-refractivity contribution is 7.92. The van der Waals surface area contributed by atoms with Gasteiger partial charge in [-0.05, 0) is 48.5 Å². The number of hydrogen-bond acceptors (Lipinski definition) is 6. The van der Waals surface area contributed by atoms with Crippen molar-refractivity contribution in [3.63, 3.8) is 0 Å². The molecule has 0 saturated heterocycles. The van der Waals surface area contributed by atoms with E-state index in [2.05, 4.69) is 15.2 Å². The van der Waals surface area contributed by atoms with E-state index in [4.69, 9.17) is 11.6 Å². The summed E-state index contributed by atoms with van der Waals surface area (Å²) in [6.45, 7) is 0. The predicted molar refractivity (Wildman–Crippen MR) is 114 cm³/mol. The fourth-order valence-corrected chi connectivity index (χ4v) is 3.66. The molecule has 10 heteroatoms. The molecule has 0 aliphatic rings. The number of benzene rings is 3. The van der Waals surface area contributed by atoms with Crippen LogP contribution < -0.4 is 10.1 Å². The number of sulfonamides is 1. The average Bonchev–Trinajstić information content (AvgIpc) is 2.70. The average molecular weight is 446 g/mol. The summed E-state index contributed by atoms with van der Waals surface area (Å²) in [4.78, 5) is 12.5. The third-order valence-corrected chi connectivity index (χ3v) is 5.56. The second-order valence-corrected chi connectivity index (χ2v) is 8.17. The van der Waals surface area contributed by atoms with Crippen molar-refractivity contribution >= 4 is 39.4 Å². The molecule has 154 valence electrons. The van der Waals surface area contributed by atoms with Crippen molar-refractivity contribution in [1.82, 2.24) is 5.43 Å². The van der Waals surface area contributed by atoms with Gasteiger partial charge in [-0.15, -0.1) is 0 Å². The van der Waals surface area contributed by atoms with Gasteiger partial charge in [-0.25, -0.2) is 13.8 Å². The van der Waals surface area contributed by atoms with E-state index in [1.807, 2.05) is 0 Å². The summed E-state index contributed by atoms with van der Waals surface area (Å²) in [6, 6.07) is 15.5. The van der Waals surface area contributed by atoms with Crippen molar-refractivity contribution in [3.8, 4) is 11.5 Å². The lowest BCUT2D eigenvalue weighted by Crippen LogP contribution is -2.21. The Morgan fingerprint density at radius 1 is 1.00 bits per heavy atom. The van der Waals surface area contributed by atoms with Gasteiger partial charge in [-0.3, -0.25) is 9.52 Å². The molecule has 4 N–H and O–H groups in total. The number of amides is 1. The zero-order valence-corrected chi connectivity index (χ0v) is 16.9. The molecule has 3 aromatic carbocycles. The monoisotopic (exact) mass is 445 g/mol. The first kappa shape index (κ1) is 21.2. The molecule has 8 nitrogen and oxygen atoms in total. The summed E-state index contributed by atoms with van der Waals surface area (Å²) in [7, 11) is -3.94. The van der Waals surface area contributed by atoms with Crippen LogP contribution in [0, 0.1) is 0 Å². The van der Waals surface area contributed by atoms with Gasteiger partial charge < -0.3 is 10.2 Å². The van der Waals surface area contributed by atoms with E-state index in [0.29, 0.717) is 5.02 Å². The van der Waals surface area contributed by atoms with E-state index < -0.39 is 15.9 Å². The Morgan fingerprint density at radius 3 is 2.40 bits per heavy atom. The number of aromatic hydroxyl groups is 2. The summed E-state index contributed by atoms with van der Waals surface area (Å²) in [5.41, 5.74) is 2.64. The predicted octanol–water partition coefficient (Wildman–Crippen LogP) is 3.32. The zero-order valence-electron chi connectivity index (χ0n) is 15.3. The number of hydrazone groups is 1. The standard InChI is InChI=1S/C20H16ClN3O5S/c21-14-6-9-16(10-7-14)30(28,29)24-18-4-2-1-3-17(18)20(27)23-22-12-13-5-8-15(25)11-19(13)26/h1-12,24-26H,(H,23,27)/b22-12-. The van der Waals surface area contributed by atoms with Crippen molar-refractivity contribution < 1.29 is 23.4 Å². The van der Waals surface area contributed by atoms with E-state index >= 15 is 0 Å². The summed E-state index contributed by atoms with van der Waals surface area (Å²) < 4.78 is 27.6. The van der Waals surface area contributed by atoms with Crippen LogP contribution in [0.25, 0.3) is 0 Å². The van der Waals surface area contributed by atoms with Gasteiger partial charge in [0.1, 0.15) is 11.5 Å². The molecular formula is C20H16ClN3O5S. The highest BCUT2D eigenvalue weighted by atomic mass is 35.5. The summed E-state index contributed by atoms with van der Waals surface area (Å²) >= 11 is 5.79. The molecule has 0 aliphatic carbocycles. The lowest BCUT2D eigenvalue weighted by atomic mass is 10.2. The van der Waals surface area contributed by atoms with Crippen molar-refractivity contribution in [2.75, 3.05) is 4.72 Å². The molecule has 3 aromatic rings. The Kier molecular flexibility index (Phi) is 6.24. The molecule has 30 heavy (non-hydrogen) atoms. The maximum absolute atomic E-state index is 12.6. The van der Waals surface area contributed by atoms with Crippen molar-refractivity contribution in [3.05, 3.63) is 82.9 Å². The van der Waals surface area contributed by atoms with E-state index in [-0.39, 0.29) is 33.2 Å². The summed E-state index contributed by atoms with van der Waals surface area (Å²) in [5.74, 6) is -1.00. The van der Waals surface area contributed by atoms with Crippen LogP contribution in [0.3, 0.4) is 0 Å². The number of nitrogens with one attached hydrogen (secondary N) is 2. The molecule has 0 atom stereocenters. The number of halogens is 1. The Hall–Kier alpha value is -3.56. The quantitative estimate of drug-likeness (QED) is 0.342. The van der Waals surface area contributed by atoms with Crippen LogP contribution in [0.5, 0.6) is 11.5 Å². The van der Waals surface area contributed by atoms with Crippen LogP contribution in [0.2, 0.25) is 5.02 Å². The van der Waals surface area contributed by atoms with Gasteiger partial charge in [0.15, 0.2) is 0 Å². The molecule has 0 heterocycles. The van der Waals surface area contributed by atoms with Crippen LogP contribution in [-0.4, -0.2) is 30.8 Å². The molecule has 0 aromatic heterocycles. The van der Waals surface area contributed by atoms with E-state index in [0.717, 1.165) is 6.07 Å². The molecule has 0 bridgehead atoms. The Balaban J connectivity index is 1.78. The molecule has 3 rings (SSSR count). The van der Waals surface area contributed by atoms with Crippen LogP contribution >= 0.6 is 11.6 Å². The summed E-state index contributed by atoms with van der Waals surface area (Å²) in [6.07, 6.45) is 1.19. The largest absolute Gasteiger partial charge is 0.508 e. The first-order valence-electron chi connectivity index (χ1n) is 8.49. The van der Waals surface area contributed by atoms with Gasteiger partial charge in [-0.1, -0.05) is 23.7 Å². The molecule has 0 saturated carbocycles. The zero-order chi connectivity index (χ0) is 21.7. The van der Waals surface area contributed by atoms with Gasteiger partial charge >= 0.3 is 0 Å². The topological polar surface area (TPSA) is 128 Å². The SMILES string of the molecule is O=C(N/N=C\c1ccc(O)cc1O)c1ccccc1NS(=O)(=O)c1ccc(Cl)cc1. The van der Waals surface area contributed by atoms with Crippen LogP contribution in [-0.2, 0) is 10.0 Å². The molecule has 0 unspecified atom stereocenters. The number of nitrogens with zero attached hydrogens (tertiary/aromatic N) is 1. The number of phenols is 2. The number of carbonyl (C=O) groups excluding carboxylic acids is 1. The maximum Gasteiger partial charge on any atom is 0.273 e. The lowest BCUT2D eigenvalue weighted by molar-refractivity contribution is 0.0956. The first-order chi connectivity index (χ1) is 14.3. The first-order valence-corrected chi connectivity index (χ1v) is 10.4.